The standard InChI is InChI=1S/C14H17NO4S2/c1-2-19-12-5-3-4-11(10-12)15-21(17,18)14-7-6-13(20-14)8-9-16/h3-7,10,15-16H,2,8-9H2,1H3. The van der Waals surface area contributed by atoms with Crippen LogP contribution in [0.15, 0.2) is 40.6 Å². The zero-order valence-corrected chi connectivity index (χ0v) is 13.2. The summed E-state index contributed by atoms with van der Waals surface area (Å²) in [7, 11) is -3.61. The Bertz CT molecular complexity index is 695. The van der Waals surface area contributed by atoms with Crippen molar-refractivity contribution in [3.05, 3.63) is 41.3 Å². The van der Waals surface area contributed by atoms with Crippen molar-refractivity contribution >= 4 is 27.0 Å². The van der Waals surface area contributed by atoms with Gasteiger partial charge in [0.2, 0.25) is 0 Å². The van der Waals surface area contributed by atoms with Crippen LogP contribution in [0.25, 0.3) is 0 Å². The maximum absolute atomic E-state index is 12.3. The van der Waals surface area contributed by atoms with Gasteiger partial charge in [-0.15, -0.1) is 11.3 Å². The van der Waals surface area contributed by atoms with Crippen molar-refractivity contribution in [3.63, 3.8) is 0 Å². The summed E-state index contributed by atoms with van der Waals surface area (Å²) in [5.74, 6) is 0.616. The topological polar surface area (TPSA) is 75.6 Å². The molecule has 0 fully saturated rings. The molecule has 0 saturated heterocycles. The molecule has 2 rings (SSSR count). The molecule has 0 unspecified atom stereocenters. The number of hydrogen-bond donors (Lipinski definition) is 2. The molecule has 0 saturated carbocycles. The number of aliphatic hydroxyl groups is 1. The molecule has 7 heteroatoms. The number of nitrogens with one attached hydrogen (secondary N) is 1. The molecule has 0 amide bonds. The fourth-order valence-electron chi connectivity index (χ4n) is 1.77. The number of anilines is 1. The Kier molecular flexibility index (Phi) is 5.22. The smallest absolute Gasteiger partial charge is 0.271 e. The van der Waals surface area contributed by atoms with Gasteiger partial charge in [-0.2, -0.15) is 0 Å². The van der Waals surface area contributed by atoms with E-state index < -0.39 is 10.0 Å². The highest BCUT2D eigenvalue weighted by Crippen LogP contribution is 2.25. The average Bonchev–Trinajstić information content (AvgIpc) is 2.89. The lowest BCUT2D eigenvalue weighted by Gasteiger charge is -2.08. The molecule has 0 atom stereocenters. The average molecular weight is 327 g/mol. The van der Waals surface area contributed by atoms with Crippen LogP contribution < -0.4 is 9.46 Å². The molecule has 0 spiro atoms. The van der Waals surface area contributed by atoms with Crippen molar-refractivity contribution in [1.82, 2.24) is 0 Å². The van der Waals surface area contributed by atoms with E-state index in [1.807, 2.05) is 6.92 Å². The molecular weight excluding hydrogens is 310 g/mol. The van der Waals surface area contributed by atoms with Gasteiger partial charge in [0.25, 0.3) is 10.0 Å². The first-order chi connectivity index (χ1) is 10.0. The summed E-state index contributed by atoms with van der Waals surface area (Å²) in [5, 5.41) is 8.88. The number of aliphatic hydroxyl groups excluding tert-OH is 1. The van der Waals surface area contributed by atoms with Crippen LogP contribution in [0.4, 0.5) is 5.69 Å². The lowest BCUT2D eigenvalue weighted by Crippen LogP contribution is -2.11. The Morgan fingerprint density at radius 3 is 2.81 bits per heavy atom. The summed E-state index contributed by atoms with van der Waals surface area (Å²) < 4.78 is 32.7. The number of benzene rings is 1. The van der Waals surface area contributed by atoms with Gasteiger partial charge in [0.1, 0.15) is 9.96 Å². The van der Waals surface area contributed by atoms with Crippen molar-refractivity contribution in [2.75, 3.05) is 17.9 Å². The van der Waals surface area contributed by atoms with Crippen molar-refractivity contribution in [2.24, 2.45) is 0 Å². The second-order valence-corrected chi connectivity index (χ2v) is 7.34. The molecular formula is C14H17NO4S2. The van der Waals surface area contributed by atoms with Gasteiger partial charge in [-0.3, -0.25) is 4.72 Å². The molecule has 21 heavy (non-hydrogen) atoms. The van der Waals surface area contributed by atoms with Crippen LogP contribution in [0.1, 0.15) is 11.8 Å². The molecule has 0 aliphatic rings. The molecule has 0 aliphatic heterocycles. The highest BCUT2D eigenvalue weighted by atomic mass is 32.2. The zero-order valence-electron chi connectivity index (χ0n) is 11.6. The van der Waals surface area contributed by atoms with Gasteiger partial charge in [-0.1, -0.05) is 6.07 Å². The molecule has 2 N–H and O–H groups in total. The first-order valence-corrected chi connectivity index (χ1v) is 8.80. The SMILES string of the molecule is CCOc1cccc(NS(=O)(=O)c2ccc(CCO)s2)c1. The quantitative estimate of drug-likeness (QED) is 0.819. The van der Waals surface area contributed by atoms with E-state index in [1.165, 1.54) is 0 Å². The van der Waals surface area contributed by atoms with Gasteiger partial charge in [0, 0.05) is 24.0 Å². The molecule has 5 nitrogen and oxygen atoms in total. The van der Waals surface area contributed by atoms with Gasteiger partial charge >= 0.3 is 0 Å². The number of sulfonamides is 1. The van der Waals surface area contributed by atoms with Crippen LogP contribution >= 0.6 is 11.3 Å². The van der Waals surface area contributed by atoms with E-state index >= 15 is 0 Å². The molecule has 1 aromatic carbocycles. The van der Waals surface area contributed by atoms with E-state index in [9.17, 15) is 8.42 Å². The largest absolute Gasteiger partial charge is 0.494 e. The Balaban J connectivity index is 2.18. The fraction of sp³-hybridized carbons (Fsp3) is 0.286. The van der Waals surface area contributed by atoms with Gasteiger partial charge in [0.05, 0.1) is 12.3 Å². The number of ether oxygens (including phenoxy) is 1. The second-order valence-electron chi connectivity index (χ2n) is 4.26. The predicted molar refractivity (Wildman–Crippen MR) is 83.5 cm³/mol. The van der Waals surface area contributed by atoms with E-state index in [2.05, 4.69) is 4.72 Å². The van der Waals surface area contributed by atoms with Crippen molar-refractivity contribution in [3.8, 4) is 5.75 Å². The molecule has 0 bridgehead atoms. The van der Waals surface area contributed by atoms with E-state index in [0.717, 1.165) is 16.2 Å². The second kappa shape index (κ2) is 6.93. The molecule has 1 heterocycles. The molecule has 2 aromatic rings. The first-order valence-electron chi connectivity index (χ1n) is 6.50. The summed E-state index contributed by atoms with van der Waals surface area (Å²) in [5.41, 5.74) is 0.457. The molecule has 0 radical (unpaired) electrons. The Morgan fingerprint density at radius 1 is 1.29 bits per heavy atom. The minimum absolute atomic E-state index is 0.00380. The summed E-state index contributed by atoms with van der Waals surface area (Å²) in [4.78, 5) is 0.834. The highest BCUT2D eigenvalue weighted by molar-refractivity contribution is 7.94. The fourth-order valence-corrected chi connectivity index (χ4v) is 4.16. The van der Waals surface area contributed by atoms with Gasteiger partial charge < -0.3 is 9.84 Å². The predicted octanol–water partition coefficient (Wildman–Crippen LogP) is 2.48. The lowest BCUT2D eigenvalue weighted by molar-refractivity contribution is 0.300. The van der Waals surface area contributed by atoms with Crippen LogP contribution in [0.3, 0.4) is 0 Å². The normalized spacial score (nSPS) is 11.3. The van der Waals surface area contributed by atoms with Crippen LogP contribution in [-0.4, -0.2) is 26.7 Å². The first kappa shape index (κ1) is 15.8. The Hall–Kier alpha value is -1.57. The van der Waals surface area contributed by atoms with Crippen molar-refractivity contribution in [2.45, 2.75) is 17.6 Å². The monoisotopic (exact) mass is 327 g/mol. The molecule has 114 valence electrons. The van der Waals surface area contributed by atoms with E-state index in [-0.39, 0.29) is 10.8 Å². The number of hydrogen-bond acceptors (Lipinski definition) is 5. The Morgan fingerprint density at radius 2 is 2.10 bits per heavy atom. The van der Waals surface area contributed by atoms with E-state index in [0.29, 0.717) is 24.5 Å². The minimum atomic E-state index is -3.61. The van der Waals surface area contributed by atoms with Crippen LogP contribution in [0.2, 0.25) is 0 Å². The lowest BCUT2D eigenvalue weighted by atomic mass is 10.3. The minimum Gasteiger partial charge on any atom is -0.494 e. The van der Waals surface area contributed by atoms with Crippen LogP contribution in [0, 0.1) is 0 Å². The Labute approximate surface area is 128 Å². The molecule has 0 aliphatic carbocycles. The maximum Gasteiger partial charge on any atom is 0.271 e. The molecule has 1 aromatic heterocycles. The third kappa shape index (κ3) is 4.20. The van der Waals surface area contributed by atoms with Gasteiger partial charge in [0.15, 0.2) is 0 Å². The van der Waals surface area contributed by atoms with Crippen LogP contribution in [-0.2, 0) is 16.4 Å². The van der Waals surface area contributed by atoms with E-state index in [1.54, 1.807) is 36.4 Å². The third-order valence-electron chi connectivity index (χ3n) is 2.66. The third-order valence-corrected chi connectivity index (χ3v) is 5.68. The summed E-state index contributed by atoms with van der Waals surface area (Å²) in [6.07, 6.45) is 0.458. The van der Waals surface area contributed by atoms with Gasteiger partial charge in [-0.25, -0.2) is 8.42 Å². The van der Waals surface area contributed by atoms with Gasteiger partial charge in [-0.05, 0) is 31.2 Å². The zero-order chi connectivity index (χ0) is 15.3. The van der Waals surface area contributed by atoms with Crippen LogP contribution in [0.5, 0.6) is 5.75 Å². The number of rotatable bonds is 7. The summed E-state index contributed by atoms with van der Waals surface area (Å²) in [6, 6.07) is 10.1. The maximum atomic E-state index is 12.3. The van der Waals surface area contributed by atoms with Crippen molar-refractivity contribution in [1.29, 1.82) is 0 Å². The number of thiophene rings is 1. The van der Waals surface area contributed by atoms with E-state index in [4.69, 9.17) is 9.84 Å². The summed E-state index contributed by atoms with van der Waals surface area (Å²) in [6.45, 7) is 2.39. The van der Waals surface area contributed by atoms with Crippen molar-refractivity contribution < 1.29 is 18.3 Å². The highest BCUT2D eigenvalue weighted by Gasteiger charge is 2.17. The summed E-state index contributed by atoms with van der Waals surface area (Å²) >= 11 is 1.16.